The SMILES string of the molecule is COc1cccc(OC)c1NC(=O)c1nccs1.COc1cccc(OC)c1NC(=S)c1nccs1. The molecule has 0 aliphatic rings. The number of ether oxygens (including phenoxy) is 4. The van der Waals surface area contributed by atoms with Crippen molar-refractivity contribution in [2.75, 3.05) is 39.1 Å². The van der Waals surface area contributed by atoms with Gasteiger partial charge in [-0.3, -0.25) is 4.79 Å². The zero-order valence-electron chi connectivity index (χ0n) is 19.9. The first-order valence-electron chi connectivity index (χ1n) is 10.4. The number of para-hydroxylation sites is 2. The van der Waals surface area contributed by atoms with Crippen LogP contribution in [-0.2, 0) is 0 Å². The summed E-state index contributed by atoms with van der Waals surface area (Å²) in [6, 6.07) is 10.8. The Bertz CT molecular complexity index is 1140. The van der Waals surface area contributed by atoms with Crippen molar-refractivity contribution in [3.63, 3.8) is 0 Å². The quantitative estimate of drug-likeness (QED) is 0.284. The number of amides is 1. The van der Waals surface area contributed by atoms with Crippen molar-refractivity contribution in [1.82, 2.24) is 9.97 Å². The van der Waals surface area contributed by atoms with Gasteiger partial charge in [-0.1, -0.05) is 24.4 Å². The summed E-state index contributed by atoms with van der Waals surface area (Å²) < 4.78 is 21.0. The van der Waals surface area contributed by atoms with Crippen LogP contribution in [0.25, 0.3) is 0 Å². The maximum Gasteiger partial charge on any atom is 0.284 e. The van der Waals surface area contributed by atoms with E-state index in [1.54, 1.807) is 50.2 Å². The molecule has 0 fully saturated rings. The number of aromatic nitrogens is 2. The molecule has 0 unspecified atom stereocenters. The number of anilines is 2. The Kier molecular flexibility index (Phi) is 9.98. The number of carbonyl (C=O) groups excluding carboxylic acids is 1. The van der Waals surface area contributed by atoms with Gasteiger partial charge in [0.05, 0.1) is 28.4 Å². The van der Waals surface area contributed by atoms with Crippen LogP contribution in [0.5, 0.6) is 23.0 Å². The van der Waals surface area contributed by atoms with E-state index in [-0.39, 0.29) is 5.91 Å². The number of rotatable bonds is 8. The second kappa shape index (κ2) is 13.4. The summed E-state index contributed by atoms with van der Waals surface area (Å²) >= 11 is 8.05. The highest BCUT2D eigenvalue weighted by Gasteiger charge is 2.16. The van der Waals surface area contributed by atoms with Crippen LogP contribution in [0.15, 0.2) is 59.6 Å². The van der Waals surface area contributed by atoms with Gasteiger partial charge < -0.3 is 29.6 Å². The molecule has 0 saturated heterocycles. The maximum absolute atomic E-state index is 11.9. The molecule has 2 aromatic carbocycles. The highest BCUT2D eigenvalue weighted by atomic mass is 32.1. The van der Waals surface area contributed by atoms with E-state index in [4.69, 9.17) is 31.2 Å². The van der Waals surface area contributed by atoms with E-state index in [1.807, 2.05) is 23.6 Å². The molecule has 0 bridgehead atoms. The number of nitrogens with zero attached hydrogens (tertiary/aromatic N) is 2. The van der Waals surface area contributed by atoms with Crippen LogP contribution >= 0.6 is 34.9 Å². The lowest BCUT2D eigenvalue weighted by Crippen LogP contribution is -2.13. The Balaban J connectivity index is 0.000000201. The van der Waals surface area contributed by atoms with E-state index in [9.17, 15) is 4.79 Å². The van der Waals surface area contributed by atoms with Crippen molar-refractivity contribution in [3.8, 4) is 23.0 Å². The molecule has 0 spiro atoms. The largest absolute Gasteiger partial charge is 0.494 e. The number of thiocarbonyl (C=S) groups is 1. The van der Waals surface area contributed by atoms with Gasteiger partial charge in [-0.05, 0) is 24.3 Å². The minimum atomic E-state index is -0.284. The van der Waals surface area contributed by atoms with Crippen LogP contribution in [0.4, 0.5) is 11.4 Å². The van der Waals surface area contributed by atoms with Gasteiger partial charge >= 0.3 is 0 Å². The fourth-order valence-electron chi connectivity index (χ4n) is 2.95. The predicted molar refractivity (Wildman–Crippen MR) is 147 cm³/mol. The first-order chi connectivity index (χ1) is 17.5. The van der Waals surface area contributed by atoms with Crippen molar-refractivity contribution in [2.24, 2.45) is 0 Å². The van der Waals surface area contributed by atoms with Crippen molar-refractivity contribution >= 4 is 57.2 Å². The molecule has 188 valence electrons. The van der Waals surface area contributed by atoms with E-state index in [0.29, 0.717) is 44.4 Å². The standard InChI is InChI=1S/C12H12N2O3S.C12H12N2O2S2/c1-16-8-4-3-5-9(17-2)10(8)14-11(15)12-13-6-7-18-12;1-15-8-4-3-5-9(16-2)10(8)14-11(17)12-13-6-7-18-12/h3-7H,1-2H3,(H,14,15);3-7H,1-2H3,(H,14,17). The Morgan fingerprint density at radius 3 is 1.53 bits per heavy atom. The van der Waals surface area contributed by atoms with Crippen LogP contribution in [0, 0.1) is 0 Å². The molecular formula is C24H24N4O5S3. The fourth-order valence-corrected chi connectivity index (χ4v) is 4.31. The van der Waals surface area contributed by atoms with Gasteiger partial charge in [-0.25, -0.2) is 9.97 Å². The van der Waals surface area contributed by atoms with E-state index in [1.165, 1.54) is 36.9 Å². The van der Waals surface area contributed by atoms with Gasteiger partial charge in [0.25, 0.3) is 5.91 Å². The highest BCUT2D eigenvalue weighted by Crippen LogP contribution is 2.35. The molecule has 2 aromatic heterocycles. The lowest BCUT2D eigenvalue weighted by Gasteiger charge is -2.14. The maximum atomic E-state index is 11.9. The number of carbonyl (C=O) groups is 1. The van der Waals surface area contributed by atoms with Crippen molar-refractivity contribution in [3.05, 3.63) is 69.6 Å². The minimum Gasteiger partial charge on any atom is -0.494 e. The zero-order valence-corrected chi connectivity index (χ0v) is 22.4. The highest BCUT2D eigenvalue weighted by molar-refractivity contribution is 7.81. The predicted octanol–water partition coefficient (Wildman–Crippen LogP) is 5.36. The topological polar surface area (TPSA) is 104 Å². The second-order valence-corrected chi connectivity index (χ2v) is 8.86. The number of hydrogen-bond acceptors (Lipinski definition) is 10. The number of hydrogen-bond donors (Lipinski definition) is 2. The average molecular weight is 545 g/mol. The van der Waals surface area contributed by atoms with Gasteiger partial charge in [-0.15, -0.1) is 22.7 Å². The molecule has 2 heterocycles. The third kappa shape index (κ3) is 6.68. The summed E-state index contributed by atoms with van der Waals surface area (Å²) in [5.41, 5.74) is 1.21. The molecule has 1 amide bonds. The van der Waals surface area contributed by atoms with E-state index in [0.717, 1.165) is 5.01 Å². The molecule has 0 aliphatic heterocycles. The van der Waals surface area contributed by atoms with Gasteiger partial charge in [0, 0.05) is 23.2 Å². The molecule has 4 aromatic rings. The second-order valence-electron chi connectivity index (χ2n) is 6.66. The van der Waals surface area contributed by atoms with Gasteiger partial charge in [-0.2, -0.15) is 0 Å². The summed E-state index contributed by atoms with van der Waals surface area (Å²) in [7, 11) is 6.28. The number of benzene rings is 2. The van der Waals surface area contributed by atoms with Crippen molar-refractivity contribution in [1.29, 1.82) is 0 Å². The first kappa shape index (κ1) is 26.9. The molecule has 36 heavy (non-hydrogen) atoms. The molecular weight excluding hydrogens is 520 g/mol. The van der Waals surface area contributed by atoms with E-state index >= 15 is 0 Å². The van der Waals surface area contributed by atoms with Crippen molar-refractivity contribution in [2.45, 2.75) is 0 Å². The Morgan fingerprint density at radius 2 is 1.14 bits per heavy atom. The molecule has 2 N–H and O–H groups in total. The summed E-state index contributed by atoms with van der Waals surface area (Å²) in [6.45, 7) is 0. The molecule has 0 saturated carbocycles. The Hall–Kier alpha value is -3.74. The normalized spacial score (nSPS) is 9.89. The average Bonchev–Trinajstić information content (AvgIpc) is 3.64. The number of nitrogens with one attached hydrogen (secondary N) is 2. The van der Waals surface area contributed by atoms with Gasteiger partial charge in [0.1, 0.15) is 39.4 Å². The molecule has 0 radical (unpaired) electrons. The number of methoxy groups -OCH3 is 4. The lowest BCUT2D eigenvalue weighted by atomic mass is 10.2. The summed E-state index contributed by atoms with van der Waals surface area (Å²) in [4.78, 5) is 20.6. The Morgan fingerprint density at radius 1 is 0.722 bits per heavy atom. The van der Waals surface area contributed by atoms with Crippen LogP contribution in [-0.4, -0.2) is 49.3 Å². The summed E-state index contributed by atoms with van der Waals surface area (Å²) in [5.74, 6) is 2.15. The van der Waals surface area contributed by atoms with Crippen LogP contribution in [0.3, 0.4) is 0 Å². The smallest absolute Gasteiger partial charge is 0.284 e. The van der Waals surface area contributed by atoms with Gasteiger partial charge in [0.15, 0.2) is 10.0 Å². The van der Waals surface area contributed by atoms with Crippen LogP contribution < -0.4 is 29.6 Å². The van der Waals surface area contributed by atoms with E-state index in [2.05, 4.69) is 20.6 Å². The summed E-state index contributed by atoms with van der Waals surface area (Å²) in [6.07, 6.45) is 3.30. The Labute approximate surface area is 222 Å². The van der Waals surface area contributed by atoms with E-state index < -0.39 is 0 Å². The van der Waals surface area contributed by atoms with Crippen molar-refractivity contribution < 1.29 is 23.7 Å². The molecule has 0 atom stereocenters. The molecule has 0 aliphatic carbocycles. The van der Waals surface area contributed by atoms with Crippen LogP contribution in [0.1, 0.15) is 14.8 Å². The minimum absolute atomic E-state index is 0.284. The third-order valence-corrected chi connectivity index (χ3v) is 6.57. The molecule has 4 rings (SSSR count). The number of thiazole rings is 2. The summed E-state index contributed by atoms with van der Waals surface area (Å²) in [5, 5.41) is 10.6. The monoisotopic (exact) mass is 544 g/mol. The molecule has 9 nitrogen and oxygen atoms in total. The third-order valence-electron chi connectivity index (χ3n) is 4.59. The van der Waals surface area contributed by atoms with Crippen LogP contribution in [0.2, 0.25) is 0 Å². The zero-order chi connectivity index (χ0) is 25.9. The fraction of sp³-hybridized carbons (Fsp3) is 0.167. The first-order valence-corrected chi connectivity index (χ1v) is 12.5. The van der Waals surface area contributed by atoms with Gasteiger partial charge in [0.2, 0.25) is 0 Å². The lowest BCUT2D eigenvalue weighted by molar-refractivity contribution is 0.102. The molecule has 12 heteroatoms.